The maximum Gasteiger partial charge on any atom is 0.434 e. The van der Waals surface area contributed by atoms with Crippen molar-refractivity contribution in [3.05, 3.63) is 75.9 Å². The number of alkyl halides is 3. The van der Waals surface area contributed by atoms with E-state index in [0.29, 0.717) is 60.1 Å². The van der Waals surface area contributed by atoms with Gasteiger partial charge < -0.3 is 25.0 Å². The van der Waals surface area contributed by atoms with Gasteiger partial charge in [0.1, 0.15) is 16.4 Å². The molecule has 13 heteroatoms. The minimum absolute atomic E-state index is 0.105. The summed E-state index contributed by atoms with van der Waals surface area (Å²) in [4.78, 5) is 33.6. The van der Waals surface area contributed by atoms with E-state index in [2.05, 4.69) is 27.2 Å². The molecule has 1 fully saturated rings. The van der Waals surface area contributed by atoms with Crippen LogP contribution >= 0.6 is 11.3 Å². The fraction of sp³-hybridized carbons (Fsp3) is 0.310. The van der Waals surface area contributed by atoms with E-state index in [4.69, 9.17) is 4.74 Å². The second-order valence-electron chi connectivity index (χ2n) is 9.90. The predicted octanol–water partition coefficient (Wildman–Crippen LogP) is 5.82. The molecule has 0 spiro atoms. The number of aromatic carboxylic acids is 1. The molecule has 0 aliphatic carbocycles. The molecule has 4 heterocycles. The number of halogens is 3. The average Bonchev–Trinajstić information content (AvgIpc) is 3.46. The van der Waals surface area contributed by atoms with Crippen molar-refractivity contribution in [3.8, 4) is 21.7 Å². The molecule has 220 valence electrons. The third-order valence-corrected chi connectivity index (χ3v) is 7.89. The zero-order valence-corrected chi connectivity index (χ0v) is 23.4. The van der Waals surface area contributed by atoms with Gasteiger partial charge in [0.05, 0.1) is 11.3 Å². The maximum absolute atomic E-state index is 13.4. The average molecular weight is 600 g/mol. The molecule has 0 saturated carbocycles. The minimum atomic E-state index is -4.62. The summed E-state index contributed by atoms with van der Waals surface area (Å²) in [6.07, 6.45) is -0.127. The number of aromatic nitrogens is 3. The van der Waals surface area contributed by atoms with Gasteiger partial charge in [-0.1, -0.05) is 12.6 Å². The van der Waals surface area contributed by atoms with Crippen molar-refractivity contribution < 1.29 is 27.8 Å². The van der Waals surface area contributed by atoms with Crippen molar-refractivity contribution in [2.24, 2.45) is 5.92 Å². The van der Waals surface area contributed by atoms with E-state index in [1.807, 2.05) is 6.92 Å². The summed E-state index contributed by atoms with van der Waals surface area (Å²) in [5.74, 6) is -0.299. The highest BCUT2D eigenvalue weighted by atomic mass is 32.1. The van der Waals surface area contributed by atoms with E-state index in [1.54, 1.807) is 28.8 Å². The van der Waals surface area contributed by atoms with Crippen molar-refractivity contribution in [3.63, 3.8) is 0 Å². The summed E-state index contributed by atoms with van der Waals surface area (Å²) in [6, 6.07) is 6.60. The van der Waals surface area contributed by atoms with Gasteiger partial charge >= 0.3 is 12.1 Å². The molecule has 0 unspecified atom stereocenters. The Bertz CT molecular complexity index is 1710. The fourth-order valence-electron chi connectivity index (χ4n) is 4.95. The third kappa shape index (κ3) is 6.16. The Morgan fingerprint density at radius 3 is 2.67 bits per heavy atom. The number of carboxylic acids is 1. The summed E-state index contributed by atoms with van der Waals surface area (Å²) in [7, 11) is 0. The molecule has 1 aliphatic heterocycles. The quantitative estimate of drug-likeness (QED) is 0.220. The van der Waals surface area contributed by atoms with Crippen LogP contribution in [0.2, 0.25) is 0 Å². The molecular formula is C29H28F3N5O4S. The van der Waals surface area contributed by atoms with Gasteiger partial charge in [-0.05, 0) is 49.4 Å². The molecule has 1 aromatic carbocycles. The standard InChI is InChI=1S/C29H28F3N5O4S/c1-3-33-16(2)35-25-11-19(27-36-24(15-42-27)29(30,31)32)21(12-34-25)18-4-5-23-20(10-18)26(38)22(28(39)40)14-37(23)13-17-6-8-41-9-7-17/h4-5,10-12,14-15,17,33H,2-3,6-9,13H2,1H3,(H,34,35)(H,39,40). The molecule has 4 aromatic rings. The summed E-state index contributed by atoms with van der Waals surface area (Å²) in [5, 5.41) is 17.0. The molecule has 0 radical (unpaired) electrons. The number of ether oxygens (including phenoxy) is 1. The number of carbonyl (C=O) groups is 1. The van der Waals surface area contributed by atoms with Crippen molar-refractivity contribution in [1.82, 2.24) is 19.9 Å². The van der Waals surface area contributed by atoms with Crippen molar-refractivity contribution in [2.75, 3.05) is 25.1 Å². The summed E-state index contributed by atoms with van der Waals surface area (Å²) >= 11 is 0.833. The summed E-state index contributed by atoms with van der Waals surface area (Å²) in [6.45, 7) is 8.10. The largest absolute Gasteiger partial charge is 0.477 e. The van der Waals surface area contributed by atoms with Gasteiger partial charge in [0, 0.05) is 60.6 Å². The molecule has 1 saturated heterocycles. The Hall–Kier alpha value is -4.23. The highest BCUT2D eigenvalue weighted by molar-refractivity contribution is 7.13. The summed E-state index contributed by atoms with van der Waals surface area (Å²) < 4.78 is 47.5. The van der Waals surface area contributed by atoms with Crippen LogP contribution in [0.4, 0.5) is 19.0 Å². The third-order valence-electron chi connectivity index (χ3n) is 7.02. The lowest BCUT2D eigenvalue weighted by molar-refractivity contribution is -0.140. The van der Waals surface area contributed by atoms with Crippen LogP contribution in [0.5, 0.6) is 0 Å². The van der Waals surface area contributed by atoms with Crippen LogP contribution in [0.3, 0.4) is 0 Å². The number of hydrogen-bond acceptors (Lipinski definition) is 8. The first-order chi connectivity index (χ1) is 20.0. The zero-order chi connectivity index (χ0) is 30.0. The Morgan fingerprint density at radius 2 is 2.00 bits per heavy atom. The number of nitrogens with zero attached hydrogens (tertiary/aromatic N) is 3. The van der Waals surface area contributed by atoms with Crippen molar-refractivity contribution in [2.45, 2.75) is 32.5 Å². The monoisotopic (exact) mass is 599 g/mol. The SMILES string of the molecule is C=C(NCC)Nc1cc(-c2nc(C(F)(F)F)cs2)c(-c2ccc3c(c2)c(=O)c(C(=O)O)cn3CC2CCOCC2)cn1. The van der Waals surface area contributed by atoms with Crippen LogP contribution in [-0.4, -0.2) is 45.4 Å². The van der Waals surface area contributed by atoms with E-state index in [9.17, 15) is 27.9 Å². The second-order valence-corrected chi connectivity index (χ2v) is 10.8. The van der Waals surface area contributed by atoms with Crippen LogP contribution in [0.25, 0.3) is 32.6 Å². The number of carboxylic acid groups (broad SMARTS) is 1. The van der Waals surface area contributed by atoms with Gasteiger partial charge in [0.2, 0.25) is 5.43 Å². The Labute approximate surface area is 242 Å². The first-order valence-electron chi connectivity index (χ1n) is 13.3. The van der Waals surface area contributed by atoms with Crippen molar-refractivity contribution in [1.29, 1.82) is 0 Å². The maximum atomic E-state index is 13.4. The Morgan fingerprint density at radius 1 is 1.24 bits per heavy atom. The van der Waals surface area contributed by atoms with E-state index < -0.39 is 23.3 Å². The molecule has 3 aromatic heterocycles. The number of rotatable bonds is 9. The number of thiazole rings is 1. The van der Waals surface area contributed by atoms with Gasteiger partial charge in [-0.3, -0.25) is 4.79 Å². The first kappa shape index (κ1) is 29.3. The van der Waals surface area contributed by atoms with Crippen LogP contribution in [0.15, 0.2) is 59.2 Å². The number of benzene rings is 1. The number of nitrogens with one attached hydrogen (secondary N) is 2. The van der Waals surface area contributed by atoms with Gasteiger partial charge in [-0.25, -0.2) is 14.8 Å². The van der Waals surface area contributed by atoms with E-state index in [1.165, 1.54) is 12.4 Å². The van der Waals surface area contributed by atoms with E-state index in [0.717, 1.165) is 29.6 Å². The molecule has 9 nitrogen and oxygen atoms in total. The van der Waals surface area contributed by atoms with Crippen LogP contribution in [0, 0.1) is 5.92 Å². The number of hydrogen-bond donors (Lipinski definition) is 3. The predicted molar refractivity (Wildman–Crippen MR) is 154 cm³/mol. The lowest BCUT2D eigenvalue weighted by Gasteiger charge is -2.24. The molecule has 1 aliphatic rings. The molecular weight excluding hydrogens is 571 g/mol. The zero-order valence-electron chi connectivity index (χ0n) is 22.6. The summed E-state index contributed by atoms with van der Waals surface area (Å²) in [5.41, 5.74) is -0.208. The molecule has 3 N–H and O–H groups in total. The molecule has 0 bridgehead atoms. The van der Waals surface area contributed by atoms with Gasteiger partial charge in [0.25, 0.3) is 0 Å². The highest BCUT2D eigenvalue weighted by Crippen LogP contribution is 2.39. The van der Waals surface area contributed by atoms with Gasteiger partial charge in [-0.15, -0.1) is 11.3 Å². The Kier molecular flexibility index (Phi) is 8.32. The highest BCUT2D eigenvalue weighted by Gasteiger charge is 2.34. The van der Waals surface area contributed by atoms with Gasteiger partial charge in [0.15, 0.2) is 5.69 Å². The molecule has 0 atom stereocenters. The number of fused-ring (bicyclic) bond motifs is 1. The minimum Gasteiger partial charge on any atom is -0.477 e. The molecule has 5 rings (SSSR count). The first-order valence-corrected chi connectivity index (χ1v) is 14.1. The number of pyridine rings is 2. The smallest absolute Gasteiger partial charge is 0.434 e. The lowest BCUT2D eigenvalue weighted by atomic mass is 9.97. The molecule has 0 amide bonds. The number of anilines is 1. The van der Waals surface area contributed by atoms with Gasteiger partial charge in [-0.2, -0.15) is 13.2 Å². The molecule has 42 heavy (non-hydrogen) atoms. The topological polar surface area (TPSA) is 118 Å². The van der Waals surface area contributed by atoms with E-state index in [-0.39, 0.29) is 21.9 Å². The Balaban J connectivity index is 1.65. The second kappa shape index (κ2) is 11.9. The van der Waals surface area contributed by atoms with E-state index >= 15 is 0 Å². The normalized spacial score (nSPS) is 14.2. The van der Waals surface area contributed by atoms with Crippen LogP contribution in [0.1, 0.15) is 35.8 Å². The van der Waals surface area contributed by atoms with Crippen LogP contribution < -0.4 is 16.1 Å². The van der Waals surface area contributed by atoms with Crippen LogP contribution in [-0.2, 0) is 17.5 Å². The van der Waals surface area contributed by atoms with Crippen molar-refractivity contribution >= 4 is 34.0 Å². The lowest BCUT2D eigenvalue weighted by Crippen LogP contribution is -2.24. The fourth-order valence-corrected chi connectivity index (χ4v) is 5.80.